The Bertz CT molecular complexity index is 614. The molecule has 0 saturated carbocycles. The van der Waals surface area contributed by atoms with Crippen LogP contribution in [-0.2, 0) is 17.9 Å². The van der Waals surface area contributed by atoms with Gasteiger partial charge in [0.2, 0.25) is 0 Å². The van der Waals surface area contributed by atoms with Crippen LogP contribution in [0.25, 0.3) is 11.0 Å². The molecule has 0 bridgehead atoms. The molecule has 0 fully saturated rings. The Balaban J connectivity index is 1.57. The first-order chi connectivity index (χ1) is 8.93. The third kappa shape index (κ3) is 2.28. The molecule has 0 unspecified atom stereocenters. The monoisotopic (exact) mass is 242 g/mol. The molecule has 2 aromatic heterocycles. The summed E-state index contributed by atoms with van der Waals surface area (Å²) in [6, 6.07) is 11.9. The molecule has 0 atom stereocenters. The average molecular weight is 242 g/mol. The number of fused-ring (bicyclic) bond motifs is 1. The molecular formula is C14H14N2O2. The number of ether oxygens (including phenoxy) is 1. The largest absolute Gasteiger partial charge is 0.467 e. The number of imidazole rings is 1. The molecule has 4 nitrogen and oxygen atoms in total. The maximum atomic E-state index is 5.56. The van der Waals surface area contributed by atoms with Crippen LogP contribution in [0.3, 0.4) is 0 Å². The number of para-hydroxylation sites is 2. The Hall–Kier alpha value is -2.07. The highest BCUT2D eigenvalue weighted by Crippen LogP contribution is 2.11. The van der Waals surface area contributed by atoms with Crippen molar-refractivity contribution in [3.05, 3.63) is 54.7 Å². The molecule has 92 valence electrons. The van der Waals surface area contributed by atoms with Crippen LogP contribution >= 0.6 is 0 Å². The summed E-state index contributed by atoms with van der Waals surface area (Å²) in [6.07, 6.45) is 3.50. The molecule has 4 heteroatoms. The predicted octanol–water partition coefficient (Wildman–Crippen LogP) is 2.85. The van der Waals surface area contributed by atoms with Gasteiger partial charge in [-0.25, -0.2) is 4.98 Å². The quantitative estimate of drug-likeness (QED) is 0.646. The molecule has 0 spiro atoms. The van der Waals surface area contributed by atoms with E-state index in [1.165, 1.54) is 0 Å². The molecule has 0 aliphatic rings. The molecule has 0 radical (unpaired) electrons. The van der Waals surface area contributed by atoms with Gasteiger partial charge in [-0.1, -0.05) is 12.1 Å². The van der Waals surface area contributed by atoms with E-state index in [2.05, 4.69) is 15.6 Å². The number of hydrogen-bond acceptors (Lipinski definition) is 3. The van der Waals surface area contributed by atoms with Crippen LogP contribution in [0.1, 0.15) is 5.76 Å². The number of nitrogens with zero attached hydrogens (tertiary/aromatic N) is 2. The average Bonchev–Trinajstić information content (AvgIpc) is 3.04. The van der Waals surface area contributed by atoms with Crippen molar-refractivity contribution >= 4 is 11.0 Å². The van der Waals surface area contributed by atoms with Crippen molar-refractivity contribution in [1.82, 2.24) is 9.55 Å². The minimum Gasteiger partial charge on any atom is -0.467 e. The summed E-state index contributed by atoms with van der Waals surface area (Å²) in [4.78, 5) is 4.34. The third-order valence-electron chi connectivity index (χ3n) is 2.83. The van der Waals surface area contributed by atoms with E-state index in [0.29, 0.717) is 13.2 Å². The normalized spacial score (nSPS) is 11.1. The van der Waals surface area contributed by atoms with Crippen LogP contribution in [0, 0.1) is 0 Å². The SMILES string of the molecule is c1coc(COCCn2cnc3ccccc32)c1. The van der Waals surface area contributed by atoms with E-state index in [4.69, 9.17) is 9.15 Å². The van der Waals surface area contributed by atoms with Gasteiger partial charge in [-0.05, 0) is 24.3 Å². The summed E-state index contributed by atoms with van der Waals surface area (Å²) in [7, 11) is 0. The molecule has 0 aliphatic heterocycles. The molecule has 1 aromatic carbocycles. The summed E-state index contributed by atoms with van der Waals surface area (Å²) in [5.41, 5.74) is 2.16. The summed E-state index contributed by atoms with van der Waals surface area (Å²) >= 11 is 0. The Morgan fingerprint density at radius 3 is 3.00 bits per heavy atom. The lowest BCUT2D eigenvalue weighted by molar-refractivity contribution is 0.0997. The molecular weight excluding hydrogens is 228 g/mol. The van der Waals surface area contributed by atoms with E-state index in [9.17, 15) is 0 Å². The number of furan rings is 1. The van der Waals surface area contributed by atoms with Crippen molar-refractivity contribution in [3.8, 4) is 0 Å². The summed E-state index contributed by atoms with van der Waals surface area (Å²) in [5, 5.41) is 0. The fourth-order valence-electron chi connectivity index (χ4n) is 1.92. The van der Waals surface area contributed by atoms with Gasteiger partial charge in [-0.3, -0.25) is 0 Å². The first-order valence-corrected chi connectivity index (χ1v) is 5.93. The van der Waals surface area contributed by atoms with Gasteiger partial charge >= 0.3 is 0 Å². The first kappa shape index (κ1) is 11.0. The zero-order valence-electron chi connectivity index (χ0n) is 9.95. The number of rotatable bonds is 5. The second kappa shape index (κ2) is 5.06. The second-order valence-electron chi connectivity index (χ2n) is 4.06. The highest BCUT2D eigenvalue weighted by atomic mass is 16.5. The molecule has 0 saturated heterocycles. The van der Waals surface area contributed by atoms with Crippen molar-refractivity contribution < 1.29 is 9.15 Å². The summed E-state index contributed by atoms with van der Waals surface area (Å²) in [6.45, 7) is 1.95. The second-order valence-corrected chi connectivity index (χ2v) is 4.06. The lowest BCUT2D eigenvalue weighted by atomic mass is 10.3. The van der Waals surface area contributed by atoms with Gasteiger partial charge in [0.05, 0.1) is 30.2 Å². The van der Waals surface area contributed by atoms with Crippen LogP contribution < -0.4 is 0 Å². The number of benzene rings is 1. The fraction of sp³-hybridized carbons (Fsp3) is 0.214. The Labute approximate surface area is 105 Å². The van der Waals surface area contributed by atoms with Crippen LogP contribution in [0.5, 0.6) is 0 Å². The van der Waals surface area contributed by atoms with Gasteiger partial charge in [0.15, 0.2) is 0 Å². The van der Waals surface area contributed by atoms with Crippen molar-refractivity contribution in [2.75, 3.05) is 6.61 Å². The van der Waals surface area contributed by atoms with E-state index < -0.39 is 0 Å². The Morgan fingerprint density at radius 1 is 1.17 bits per heavy atom. The van der Waals surface area contributed by atoms with Gasteiger partial charge in [0, 0.05) is 6.54 Å². The molecule has 3 rings (SSSR count). The smallest absolute Gasteiger partial charge is 0.129 e. The summed E-state index contributed by atoms with van der Waals surface area (Å²) in [5.74, 6) is 0.852. The highest BCUT2D eigenvalue weighted by molar-refractivity contribution is 5.74. The number of aromatic nitrogens is 2. The standard InChI is InChI=1S/C14H14N2O2/c1-2-6-14-13(5-1)15-11-16(14)7-9-17-10-12-4-3-8-18-12/h1-6,8,11H,7,9-10H2. The maximum absolute atomic E-state index is 5.56. The van der Waals surface area contributed by atoms with E-state index in [0.717, 1.165) is 23.3 Å². The third-order valence-corrected chi connectivity index (χ3v) is 2.83. The van der Waals surface area contributed by atoms with Crippen molar-refractivity contribution in [2.24, 2.45) is 0 Å². The zero-order valence-corrected chi connectivity index (χ0v) is 9.95. The first-order valence-electron chi connectivity index (χ1n) is 5.93. The van der Waals surface area contributed by atoms with Crippen molar-refractivity contribution in [3.63, 3.8) is 0 Å². The van der Waals surface area contributed by atoms with E-state index in [1.54, 1.807) is 6.26 Å². The molecule has 2 heterocycles. The lowest BCUT2D eigenvalue weighted by Crippen LogP contribution is -2.04. The van der Waals surface area contributed by atoms with Crippen LogP contribution in [0.2, 0.25) is 0 Å². The van der Waals surface area contributed by atoms with Gasteiger partial charge in [0.1, 0.15) is 12.4 Å². The lowest BCUT2D eigenvalue weighted by Gasteiger charge is -2.04. The minimum absolute atomic E-state index is 0.514. The highest BCUT2D eigenvalue weighted by Gasteiger charge is 2.01. The van der Waals surface area contributed by atoms with Crippen LogP contribution in [0.4, 0.5) is 0 Å². The van der Waals surface area contributed by atoms with Gasteiger partial charge in [0.25, 0.3) is 0 Å². The van der Waals surface area contributed by atoms with Crippen LogP contribution in [-0.4, -0.2) is 16.2 Å². The fourth-order valence-corrected chi connectivity index (χ4v) is 1.92. The van der Waals surface area contributed by atoms with E-state index in [1.807, 2.05) is 36.7 Å². The molecule has 18 heavy (non-hydrogen) atoms. The minimum atomic E-state index is 0.514. The predicted molar refractivity (Wildman–Crippen MR) is 68.1 cm³/mol. The zero-order chi connectivity index (χ0) is 12.2. The molecule has 0 amide bonds. The van der Waals surface area contributed by atoms with Crippen molar-refractivity contribution in [2.45, 2.75) is 13.2 Å². The van der Waals surface area contributed by atoms with Crippen molar-refractivity contribution in [1.29, 1.82) is 0 Å². The molecule has 0 aliphatic carbocycles. The number of hydrogen-bond donors (Lipinski definition) is 0. The molecule has 3 aromatic rings. The van der Waals surface area contributed by atoms with E-state index in [-0.39, 0.29) is 0 Å². The Kier molecular flexibility index (Phi) is 3.10. The van der Waals surface area contributed by atoms with Gasteiger partial charge in [-0.15, -0.1) is 0 Å². The van der Waals surface area contributed by atoms with Crippen LogP contribution in [0.15, 0.2) is 53.4 Å². The topological polar surface area (TPSA) is 40.2 Å². The molecule has 0 N–H and O–H groups in total. The Morgan fingerprint density at radius 2 is 2.11 bits per heavy atom. The summed E-state index contributed by atoms with van der Waals surface area (Å²) < 4.78 is 12.8. The van der Waals surface area contributed by atoms with Gasteiger partial charge < -0.3 is 13.7 Å². The van der Waals surface area contributed by atoms with Gasteiger partial charge in [-0.2, -0.15) is 0 Å². The maximum Gasteiger partial charge on any atom is 0.129 e. The van der Waals surface area contributed by atoms with E-state index >= 15 is 0 Å².